The van der Waals surface area contributed by atoms with Crippen LogP contribution in [-0.2, 0) is 15.6 Å². The lowest BCUT2D eigenvalue weighted by molar-refractivity contribution is -0.136. The van der Waals surface area contributed by atoms with Crippen molar-refractivity contribution in [3.63, 3.8) is 0 Å². The number of ether oxygens (including phenoxy) is 1. The van der Waals surface area contributed by atoms with E-state index in [9.17, 15) is 9.00 Å². The van der Waals surface area contributed by atoms with Gasteiger partial charge in [0.2, 0.25) is 0 Å². The van der Waals surface area contributed by atoms with E-state index < -0.39 is 22.0 Å². The number of hydrogen-bond donors (Lipinski definition) is 1. The Hall–Kier alpha value is -1.36. The molecule has 0 aliphatic carbocycles. The van der Waals surface area contributed by atoms with Crippen molar-refractivity contribution in [1.82, 2.24) is 0 Å². The molecule has 106 valence electrons. The fourth-order valence-corrected chi connectivity index (χ4v) is 2.60. The topological polar surface area (TPSA) is 63.6 Å². The van der Waals surface area contributed by atoms with Crippen LogP contribution in [0.25, 0.3) is 0 Å². The standard InChI is InChI=1S/C14H20O4S/c1-11-6-5-7-13(10-11)18-8-3-4-9-19(17)12(2)14(15)16/h5-7,10,12H,3-4,8-9H2,1-2H3,(H,15,16). The summed E-state index contributed by atoms with van der Waals surface area (Å²) in [6, 6.07) is 7.81. The quantitative estimate of drug-likeness (QED) is 0.744. The number of carbonyl (C=O) groups is 1. The molecule has 4 nitrogen and oxygen atoms in total. The Bertz CT molecular complexity index is 445. The first-order valence-corrected chi connectivity index (χ1v) is 7.68. The molecule has 0 aromatic heterocycles. The van der Waals surface area contributed by atoms with Gasteiger partial charge in [0.05, 0.1) is 6.61 Å². The van der Waals surface area contributed by atoms with Crippen molar-refractivity contribution in [3.05, 3.63) is 29.8 Å². The Labute approximate surface area is 116 Å². The van der Waals surface area contributed by atoms with E-state index >= 15 is 0 Å². The Morgan fingerprint density at radius 3 is 2.79 bits per heavy atom. The van der Waals surface area contributed by atoms with Crippen LogP contribution in [0, 0.1) is 6.92 Å². The summed E-state index contributed by atoms with van der Waals surface area (Å²) in [5.41, 5.74) is 1.15. The van der Waals surface area contributed by atoms with Gasteiger partial charge in [0, 0.05) is 16.6 Å². The minimum absolute atomic E-state index is 0.407. The molecule has 1 aromatic carbocycles. The maximum atomic E-state index is 11.6. The van der Waals surface area contributed by atoms with Crippen LogP contribution in [0.2, 0.25) is 0 Å². The first kappa shape index (κ1) is 15.7. The number of carboxylic acid groups (broad SMARTS) is 1. The largest absolute Gasteiger partial charge is 0.494 e. The van der Waals surface area contributed by atoms with Gasteiger partial charge in [-0.25, -0.2) is 0 Å². The molecule has 2 unspecified atom stereocenters. The first-order valence-electron chi connectivity index (χ1n) is 6.30. The number of aryl methyl sites for hydroxylation is 1. The van der Waals surface area contributed by atoms with Crippen LogP contribution in [0.15, 0.2) is 24.3 Å². The molecule has 0 saturated heterocycles. The van der Waals surface area contributed by atoms with E-state index in [0.717, 1.165) is 17.7 Å². The van der Waals surface area contributed by atoms with Crippen molar-refractivity contribution in [3.8, 4) is 5.75 Å². The van der Waals surface area contributed by atoms with Crippen LogP contribution in [0.4, 0.5) is 0 Å². The number of carboxylic acids is 1. The van der Waals surface area contributed by atoms with E-state index in [0.29, 0.717) is 18.8 Å². The average Bonchev–Trinajstić information content (AvgIpc) is 2.37. The van der Waals surface area contributed by atoms with Gasteiger partial charge < -0.3 is 9.84 Å². The van der Waals surface area contributed by atoms with E-state index in [4.69, 9.17) is 9.84 Å². The smallest absolute Gasteiger partial charge is 0.318 e. The summed E-state index contributed by atoms with van der Waals surface area (Å²) < 4.78 is 17.1. The molecule has 0 radical (unpaired) electrons. The zero-order valence-corrected chi connectivity index (χ0v) is 12.1. The van der Waals surface area contributed by atoms with Crippen LogP contribution in [0.5, 0.6) is 5.75 Å². The number of benzene rings is 1. The van der Waals surface area contributed by atoms with Gasteiger partial charge in [0.1, 0.15) is 11.0 Å². The summed E-state index contributed by atoms with van der Waals surface area (Å²) in [6.45, 7) is 4.03. The fraction of sp³-hybridized carbons (Fsp3) is 0.500. The second-order valence-electron chi connectivity index (χ2n) is 4.44. The van der Waals surface area contributed by atoms with Gasteiger partial charge in [0.15, 0.2) is 0 Å². The SMILES string of the molecule is Cc1cccc(OCCCCS(=O)C(C)C(=O)O)c1. The third kappa shape index (κ3) is 5.87. The van der Waals surface area contributed by atoms with E-state index in [1.807, 2.05) is 31.2 Å². The predicted octanol–water partition coefficient (Wildman–Crippen LogP) is 2.38. The highest BCUT2D eigenvalue weighted by molar-refractivity contribution is 7.86. The Morgan fingerprint density at radius 2 is 2.16 bits per heavy atom. The maximum Gasteiger partial charge on any atom is 0.318 e. The minimum Gasteiger partial charge on any atom is -0.494 e. The molecule has 0 aliphatic heterocycles. The average molecular weight is 284 g/mol. The normalized spacial score (nSPS) is 13.8. The highest BCUT2D eigenvalue weighted by atomic mass is 32.2. The summed E-state index contributed by atoms with van der Waals surface area (Å²) in [5, 5.41) is 7.92. The number of unbranched alkanes of at least 4 members (excludes halogenated alkanes) is 1. The monoisotopic (exact) mass is 284 g/mol. The fourth-order valence-electron chi connectivity index (χ4n) is 1.53. The zero-order valence-electron chi connectivity index (χ0n) is 11.3. The molecule has 0 bridgehead atoms. The van der Waals surface area contributed by atoms with Crippen LogP contribution >= 0.6 is 0 Å². The Morgan fingerprint density at radius 1 is 1.42 bits per heavy atom. The molecule has 0 aliphatic rings. The van der Waals surface area contributed by atoms with Gasteiger partial charge in [-0.1, -0.05) is 12.1 Å². The van der Waals surface area contributed by atoms with Crippen molar-refractivity contribution >= 4 is 16.8 Å². The van der Waals surface area contributed by atoms with Gasteiger partial charge in [0.25, 0.3) is 0 Å². The molecule has 0 amide bonds. The number of rotatable bonds is 8. The zero-order chi connectivity index (χ0) is 14.3. The first-order chi connectivity index (χ1) is 9.00. The van der Waals surface area contributed by atoms with Crippen molar-refractivity contribution in [1.29, 1.82) is 0 Å². The van der Waals surface area contributed by atoms with E-state index in [1.54, 1.807) is 0 Å². The predicted molar refractivity (Wildman–Crippen MR) is 76.0 cm³/mol. The van der Waals surface area contributed by atoms with E-state index in [-0.39, 0.29) is 0 Å². The van der Waals surface area contributed by atoms with Crippen molar-refractivity contribution in [2.24, 2.45) is 0 Å². The summed E-state index contributed by atoms with van der Waals surface area (Å²) in [6.07, 6.45) is 1.47. The van der Waals surface area contributed by atoms with Crippen molar-refractivity contribution < 1.29 is 18.8 Å². The van der Waals surface area contributed by atoms with Crippen LogP contribution in [-0.4, -0.2) is 32.9 Å². The second kappa shape index (κ2) is 7.94. The molecule has 19 heavy (non-hydrogen) atoms. The van der Waals surface area contributed by atoms with Gasteiger partial charge in [-0.2, -0.15) is 0 Å². The van der Waals surface area contributed by atoms with Gasteiger partial charge in [-0.05, 0) is 44.4 Å². The third-order valence-corrected chi connectivity index (χ3v) is 4.42. The van der Waals surface area contributed by atoms with Crippen molar-refractivity contribution in [2.75, 3.05) is 12.4 Å². The number of hydrogen-bond acceptors (Lipinski definition) is 3. The highest BCUT2D eigenvalue weighted by Crippen LogP contribution is 2.12. The molecule has 1 rings (SSSR count). The molecular formula is C14H20O4S. The highest BCUT2D eigenvalue weighted by Gasteiger charge is 2.17. The summed E-state index contributed by atoms with van der Waals surface area (Å²) in [4.78, 5) is 10.6. The van der Waals surface area contributed by atoms with Crippen LogP contribution in [0.1, 0.15) is 25.3 Å². The van der Waals surface area contributed by atoms with E-state index in [1.165, 1.54) is 6.92 Å². The third-order valence-electron chi connectivity index (χ3n) is 2.74. The van der Waals surface area contributed by atoms with Gasteiger partial charge in [-0.3, -0.25) is 9.00 Å². The van der Waals surface area contributed by atoms with Gasteiger partial charge in [-0.15, -0.1) is 0 Å². The molecule has 2 atom stereocenters. The molecule has 1 N–H and O–H groups in total. The Balaban J connectivity index is 2.18. The molecular weight excluding hydrogens is 264 g/mol. The molecule has 0 saturated carbocycles. The van der Waals surface area contributed by atoms with Crippen molar-refractivity contribution in [2.45, 2.75) is 31.9 Å². The summed E-state index contributed by atoms with van der Waals surface area (Å²) in [7, 11) is -1.30. The van der Waals surface area contributed by atoms with Crippen LogP contribution in [0.3, 0.4) is 0 Å². The van der Waals surface area contributed by atoms with E-state index in [2.05, 4.69) is 0 Å². The lowest BCUT2D eigenvalue weighted by Crippen LogP contribution is -2.23. The molecule has 0 heterocycles. The number of aliphatic carboxylic acids is 1. The molecule has 5 heteroatoms. The molecule has 0 fully saturated rings. The van der Waals surface area contributed by atoms with Crippen LogP contribution < -0.4 is 4.74 Å². The molecule has 1 aromatic rings. The lowest BCUT2D eigenvalue weighted by Gasteiger charge is -2.08. The minimum atomic E-state index is -1.30. The van der Waals surface area contributed by atoms with Gasteiger partial charge >= 0.3 is 5.97 Å². The summed E-state index contributed by atoms with van der Waals surface area (Å²) in [5.74, 6) is 0.236. The summed E-state index contributed by atoms with van der Waals surface area (Å²) >= 11 is 0. The Kier molecular flexibility index (Phi) is 6.56. The maximum absolute atomic E-state index is 11.6. The second-order valence-corrected chi connectivity index (χ2v) is 6.31. The molecule has 0 spiro atoms. The lowest BCUT2D eigenvalue weighted by atomic mass is 10.2.